The zero-order chi connectivity index (χ0) is 23.3. The summed E-state index contributed by atoms with van der Waals surface area (Å²) in [7, 11) is 1.63. The molecule has 5 rings (SSSR count). The summed E-state index contributed by atoms with van der Waals surface area (Å²) >= 11 is 0. The van der Waals surface area contributed by atoms with Gasteiger partial charge in [-0.1, -0.05) is 23.4 Å². The van der Waals surface area contributed by atoms with Crippen molar-refractivity contribution in [1.82, 2.24) is 29.7 Å². The molecule has 2 aromatic heterocycles. The van der Waals surface area contributed by atoms with Crippen LogP contribution >= 0.6 is 0 Å². The van der Waals surface area contributed by atoms with E-state index in [9.17, 15) is 4.79 Å². The number of aromatic nitrogens is 4. The predicted molar refractivity (Wildman–Crippen MR) is 125 cm³/mol. The largest absolute Gasteiger partial charge is 0.497 e. The molecule has 9 nitrogen and oxygen atoms in total. The second kappa shape index (κ2) is 9.88. The van der Waals surface area contributed by atoms with Gasteiger partial charge >= 0.3 is 0 Å². The molecule has 0 atom stereocenters. The van der Waals surface area contributed by atoms with Gasteiger partial charge in [0.1, 0.15) is 5.75 Å². The summed E-state index contributed by atoms with van der Waals surface area (Å²) in [4.78, 5) is 21.5. The molecule has 0 radical (unpaired) electrons. The fourth-order valence-corrected chi connectivity index (χ4v) is 3.98. The fourth-order valence-electron chi connectivity index (χ4n) is 3.98. The number of ether oxygens (including phenoxy) is 1. The monoisotopic (exact) mass is 458 g/mol. The first-order valence-corrected chi connectivity index (χ1v) is 11.2. The minimum absolute atomic E-state index is 0.117. The first kappa shape index (κ1) is 21.8. The lowest BCUT2D eigenvalue weighted by molar-refractivity contribution is -0.132. The second-order valence-electron chi connectivity index (χ2n) is 8.20. The zero-order valence-corrected chi connectivity index (χ0v) is 19.0. The van der Waals surface area contributed by atoms with Crippen LogP contribution in [-0.2, 0) is 17.8 Å². The van der Waals surface area contributed by atoms with Crippen molar-refractivity contribution in [2.24, 2.45) is 0 Å². The van der Waals surface area contributed by atoms with Crippen LogP contribution in [0.3, 0.4) is 0 Å². The average molecular weight is 459 g/mol. The molecule has 3 heterocycles. The van der Waals surface area contributed by atoms with Gasteiger partial charge in [-0.2, -0.15) is 10.1 Å². The summed E-state index contributed by atoms with van der Waals surface area (Å²) in [5, 5.41) is 8.48. The Labute approximate surface area is 197 Å². The molecule has 0 saturated carbocycles. The standard InChI is InChI=1S/C25H26N6O3/c1-33-22-9-7-20(8-10-22)25-27-23(34-28-25)18-29-11-13-30(14-12-29)24(32)15-19-16-26-31(17-19)21-5-3-2-4-6-21/h2-10,16-17H,11-15,18H2,1H3. The van der Waals surface area contributed by atoms with E-state index in [0.717, 1.165) is 35.7 Å². The summed E-state index contributed by atoms with van der Waals surface area (Å²) in [6, 6.07) is 17.4. The Morgan fingerprint density at radius 2 is 1.79 bits per heavy atom. The van der Waals surface area contributed by atoms with Crippen LogP contribution < -0.4 is 4.74 Å². The molecule has 0 unspecified atom stereocenters. The molecule has 0 spiro atoms. The Kier molecular flexibility index (Phi) is 6.35. The smallest absolute Gasteiger partial charge is 0.241 e. The van der Waals surface area contributed by atoms with Crippen molar-refractivity contribution >= 4 is 5.91 Å². The summed E-state index contributed by atoms with van der Waals surface area (Å²) in [5.41, 5.74) is 2.76. The van der Waals surface area contributed by atoms with Gasteiger partial charge in [-0.25, -0.2) is 4.68 Å². The molecule has 0 aliphatic carbocycles. The van der Waals surface area contributed by atoms with Crippen molar-refractivity contribution in [1.29, 1.82) is 0 Å². The molecule has 2 aromatic carbocycles. The molecular formula is C25H26N6O3. The normalized spacial score (nSPS) is 14.3. The van der Waals surface area contributed by atoms with Crippen molar-refractivity contribution in [2.75, 3.05) is 33.3 Å². The molecule has 1 saturated heterocycles. The summed E-state index contributed by atoms with van der Waals surface area (Å²) < 4.78 is 12.4. The molecular weight excluding hydrogens is 432 g/mol. The SMILES string of the molecule is COc1ccc(-c2noc(CN3CCN(C(=O)Cc4cnn(-c5ccccc5)c4)CC3)n2)cc1. The van der Waals surface area contributed by atoms with Gasteiger partial charge in [0.05, 0.1) is 32.0 Å². The van der Waals surface area contributed by atoms with Crippen molar-refractivity contribution in [2.45, 2.75) is 13.0 Å². The molecule has 34 heavy (non-hydrogen) atoms. The quantitative estimate of drug-likeness (QED) is 0.421. The third kappa shape index (κ3) is 4.99. The summed E-state index contributed by atoms with van der Waals surface area (Å²) in [6.07, 6.45) is 4.03. The lowest BCUT2D eigenvalue weighted by Gasteiger charge is -2.33. The van der Waals surface area contributed by atoms with E-state index < -0.39 is 0 Å². The minimum Gasteiger partial charge on any atom is -0.497 e. The predicted octanol–water partition coefficient (Wildman–Crippen LogP) is 2.82. The van der Waals surface area contributed by atoms with Gasteiger partial charge in [0.15, 0.2) is 0 Å². The molecule has 4 aromatic rings. The third-order valence-electron chi connectivity index (χ3n) is 5.91. The number of hydrogen-bond acceptors (Lipinski definition) is 7. The van der Waals surface area contributed by atoms with Gasteiger partial charge in [-0.3, -0.25) is 9.69 Å². The Bertz CT molecular complexity index is 1230. The van der Waals surface area contributed by atoms with E-state index in [0.29, 0.717) is 37.8 Å². The van der Waals surface area contributed by atoms with Crippen LogP contribution in [0.1, 0.15) is 11.5 Å². The number of amides is 1. The molecule has 1 amide bonds. The van der Waals surface area contributed by atoms with Crippen LogP contribution in [0.25, 0.3) is 17.1 Å². The van der Waals surface area contributed by atoms with Crippen LogP contribution in [0.5, 0.6) is 5.75 Å². The molecule has 9 heteroatoms. The fraction of sp³-hybridized carbons (Fsp3) is 0.280. The number of carbonyl (C=O) groups excluding carboxylic acids is 1. The Morgan fingerprint density at radius 3 is 2.53 bits per heavy atom. The second-order valence-corrected chi connectivity index (χ2v) is 8.20. The molecule has 0 bridgehead atoms. The van der Waals surface area contributed by atoms with Crippen LogP contribution in [-0.4, -0.2) is 68.9 Å². The van der Waals surface area contributed by atoms with Crippen molar-refractivity contribution in [3.05, 3.63) is 78.4 Å². The zero-order valence-electron chi connectivity index (χ0n) is 19.0. The topological polar surface area (TPSA) is 89.5 Å². The van der Waals surface area contributed by atoms with Gasteiger partial charge in [0.2, 0.25) is 17.6 Å². The number of benzene rings is 2. The molecule has 174 valence electrons. The van der Waals surface area contributed by atoms with E-state index in [2.05, 4.69) is 20.1 Å². The number of para-hydroxylation sites is 1. The van der Waals surface area contributed by atoms with Crippen LogP contribution in [0.4, 0.5) is 0 Å². The van der Waals surface area contributed by atoms with Crippen molar-refractivity contribution < 1.29 is 14.1 Å². The first-order chi connectivity index (χ1) is 16.7. The van der Waals surface area contributed by atoms with Gasteiger partial charge < -0.3 is 14.2 Å². The van der Waals surface area contributed by atoms with E-state index in [1.54, 1.807) is 18.0 Å². The highest BCUT2D eigenvalue weighted by Crippen LogP contribution is 2.20. The highest BCUT2D eigenvalue weighted by Gasteiger charge is 2.23. The Morgan fingerprint density at radius 1 is 1.03 bits per heavy atom. The molecule has 0 N–H and O–H groups in total. The van der Waals surface area contributed by atoms with E-state index in [-0.39, 0.29) is 5.91 Å². The van der Waals surface area contributed by atoms with E-state index in [1.807, 2.05) is 65.7 Å². The Balaban J connectivity index is 1.11. The van der Waals surface area contributed by atoms with Crippen molar-refractivity contribution in [3.8, 4) is 22.8 Å². The van der Waals surface area contributed by atoms with Gasteiger partial charge in [0.25, 0.3) is 0 Å². The number of rotatable bonds is 7. The number of methoxy groups -OCH3 is 1. The van der Waals surface area contributed by atoms with Crippen LogP contribution in [0.2, 0.25) is 0 Å². The van der Waals surface area contributed by atoms with Gasteiger partial charge in [-0.05, 0) is 42.0 Å². The molecule has 1 fully saturated rings. The maximum absolute atomic E-state index is 12.8. The average Bonchev–Trinajstić information content (AvgIpc) is 3.55. The highest BCUT2D eigenvalue weighted by atomic mass is 16.5. The van der Waals surface area contributed by atoms with Crippen molar-refractivity contribution in [3.63, 3.8) is 0 Å². The lowest BCUT2D eigenvalue weighted by Crippen LogP contribution is -2.48. The van der Waals surface area contributed by atoms with Gasteiger partial charge in [-0.15, -0.1) is 0 Å². The minimum atomic E-state index is 0.117. The lowest BCUT2D eigenvalue weighted by atomic mass is 10.2. The van der Waals surface area contributed by atoms with Gasteiger partial charge in [0, 0.05) is 37.9 Å². The maximum Gasteiger partial charge on any atom is 0.241 e. The van der Waals surface area contributed by atoms with E-state index in [4.69, 9.17) is 9.26 Å². The van der Waals surface area contributed by atoms with Crippen LogP contribution in [0, 0.1) is 0 Å². The molecule has 1 aliphatic heterocycles. The number of piperazine rings is 1. The highest BCUT2D eigenvalue weighted by molar-refractivity contribution is 5.78. The number of hydrogen-bond donors (Lipinski definition) is 0. The maximum atomic E-state index is 12.8. The number of carbonyl (C=O) groups is 1. The van der Waals surface area contributed by atoms with Crippen LogP contribution in [0.15, 0.2) is 71.5 Å². The Hall–Kier alpha value is -3.98. The number of nitrogens with zero attached hydrogens (tertiary/aromatic N) is 6. The summed E-state index contributed by atoms with van der Waals surface area (Å²) in [6.45, 7) is 3.43. The van der Waals surface area contributed by atoms with E-state index in [1.165, 1.54) is 0 Å². The first-order valence-electron chi connectivity index (χ1n) is 11.2. The summed E-state index contributed by atoms with van der Waals surface area (Å²) in [5.74, 6) is 2.03. The third-order valence-corrected chi connectivity index (χ3v) is 5.91. The molecule has 1 aliphatic rings. The van der Waals surface area contributed by atoms with E-state index >= 15 is 0 Å².